The summed E-state index contributed by atoms with van der Waals surface area (Å²) in [7, 11) is 0. The van der Waals surface area contributed by atoms with Crippen molar-refractivity contribution in [3.8, 4) is 0 Å². The lowest BCUT2D eigenvalue weighted by atomic mass is 9.81. The number of anilines is 1. The number of carbonyl (C=O) groups is 3. The van der Waals surface area contributed by atoms with Gasteiger partial charge in [0.25, 0.3) is 5.91 Å². The van der Waals surface area contributed by atoms with Crippen molar-refractivity contribution in [1.29, 1.82) is 0 Å². The van der Waals surface area contributed by atoms with Crippen molar-refractivity contribution in [2.24, 2.45) is 5.92 Å². The fraction of sp³-hybridized carbons (Fsp3) is 0.710. The molecule has 1 aromatic carbocycles. The van der Waals surface area contributed by atoms with E-state index in [9.17, 15) is 14.4 Å². The van der Waals surface area contributed by atoms with E-state index in [4.69, 9.17) is 9.47 Å². The van der Waals surface area contributed by atoms with Crippen LogP contribution in [0.4, 0.5) is 10.5 Å². The summed E-state index contributed by atoms with van der Waals surface area (Å²) >= 11 is 0. The van der Waals surface area contributed by atoms with Gasteiger partial charge < -0.3 is 29.9 Å². The number of hydrogen-bond acceptors (Lipinski definition) is 8. The van der Waals surface area contributed by atoms with E-state index in [2.05, 4.69) is 28.0 Å². The minimum absolute atomic E-state index is 0.0315. The van der Waals surface area contributed by atoms with Crippen molar-refractivity contribution in [2.75, 3.05) is 51.3 Å². The molecule has 0 saturated carbocycles. The van der Waals surface area contributed by atoms with E-state index in [1.54, 1.807) is 4.90 Å². The highest BCUT2D eigenvalue weighted by Crippen LogP contribution is 2.40. The maximum atomic E-state index is 13.2. The largest absolute Gasteiger partial charge is 0.444 e. The fourth-order valence-corrected chi connectivity index (χ4v) is 6.90. The highest BCUT2D eigenvalue weighted by molar-refractivity contribution is 5.96. The van der Waals surface area contributed by atoms with E-state index < -0.39 is 5.60 Å². The van der Waals surface area contributed by atoms with Gasteiger partial charge in [0.05, 0.1) is 12.5 Å². The average Bonchev–Trinajstić information content (AvgIpc) is 3.12. The zero-order valence-corrected chi connectivity index (χ0v) is 25.8. The number of aryl methyl sites for hydroxylation is 1. The van der Waals surface area contributed by atoms with Crippen LogP contribution in [0.5, 0.6) is 0 Å². The number of carbonyl (C=O) groups excluding carboxylic acids is 3. The Morgan fingerprint density at radius 3 is 2.57 bits per heavy atom. The van der Waals surface area contributed by atoms with Crippen LogP contribution < -0.4 is 16.1 Å². The molecular formula is C31H48N6O5. The zero-order chi connectivity index (χ0) is 30.1. The second-order valence-electron chi connectivity index (χ2n) is 13.1. The number of ether oxygens (including phenoxy) is 2. The molecule has 4 aliphatic rings. The molecule has 0 radical (unpaired) electrons. The Kier molecular flexibility index (Phi) is 9.01. The summed E-state index contributed by atoms with van der Waals surface area (Å²) in [6.07, 6.45) is 3.62. The van der Waals surface area contributed by atoms with Crippen molar-refractivity contribution in [2.45, 2.75) is 90.1 Å². The first-order valence-electron chi connectivity index (χ1n) is 15.6. The van der Waals surface area contributed by atoms with Gasteiger partial charge in [-0.2, -0.15) is 0 Å². The van der Waals surface area contributed by atoms with Crippen LogP contribution in [-0.2, 0) is 14.3 Å². The number of rotatable bonds is 5. The van der Waals surface area contributed by atoms with Crippen LogP contribution in [0.2, 0.25) is 0 Å². The van der Waals surface area contributed by atoms with E-state index in [1.807, 2.05) is 50.8 Å². The second kappa shape index (κ2) is 12.4. The molecule has 1 aromatic rings. The lowest BCUT2D eigenvalue weighted by Gasteiger charge is -2.49. The molecular weight excluding hydrogens is 536 g/mol. The Hall–Kier alpha value is -2.89. The molecule has 11 nitrogen and oxygen atoms in total. The highest BCUT2D eigenvalue weighted by Gasteiger charge is 2.54. The molecule has 3 atom stereocenters. The van der Waals surface area contributed by atoms with Crippen LogP contribution in [0, 0.1) is 12.8 Å². The number of nitrogens with one attached hydrogen (secondary N) is 3. The maximum absolute atomic E-state index is 13.2. The first-order chi connectivity index (χ1) is 20.0. The summed E-state index contributed by atoms with van der Waals surface area (Å²) in [5, 5.41) is 9.00. The Morgan fingerprint density at radius 1 is 1.12 bits per heavy atom. The van der Waals surface area contributed by atoms with Gasteiger partial charge in [-0.15, -0.1) is 0 Å². The maximum Gasteiger partial charge on any atom is 0.410 e. The first kappa shape index (κ1) is 30.6. The molecule has 3 N–H and O–H groups in total. The number of likely N-dealkylation sites (tertiary alicyclic amines) is 1. The van der Waals surface area contributed by atoms with Crippen LogP contribution in [0.1, 0.15) is 75.7 Å². The Morgan fingerprint density at radius 2 is 1.88 bits per heavy atom. The molecule has 11 heteroatoms. The predicted octanol–water partition coefficient (Wildman–Crippen LogP) is 3.10. The number of piperidine rings is 2. The Balaban J connectivity index is 1.30. The number of amides is 3. The quantitative estimate of drug-likeness (QED) is 0.484. The van der Waals surface area contributed by atoms with E-state index in [-0.39, 0.29) is 41.6 Å². The lowest BCUT2D eigenvalue weighted by Crippen LogP contribution is -2.62. The number of nitrogens with zero attached hydrogens (tertiary/aromatic N) is 3. The third kappa shape index (κ3) is 6.38. The Bertz CT molecular complexity index is 1150. The van der Waals surface area contributed by atoms with Crippen LogP contribution >= 0.6 is 0 Å². The minimum Gasteiger partial charge on any atom is -0.444 e. The molecule has 232 valence electrons. The summed E-state index contributed by atoms with van der Waals surface area (Å²) in [5.41, 5.74) is 5.46. The molecule has 4 saturated heterocycles. The monoisotopic (exact) mass is 584 g/mol. The van der Waals surface area contributed by atoms with E-state index in [0.717, 1.165) is 43.4 Å². The molecule has 0 bridgehead atoms. The van der Waals surface area contributed by atoms with Crippen molar-refractivity contribution < 1.29 is 23.9 Å². The molecule has 4 aliphatic heterocycles. The molecule has 3 unspecified atom stereocenters. The highest BCUT2D eigenvalue weighted by atomic mass is 16.6. The van der Waals surface area contributed by atoms with Crippen molar-refractivity contribution >= 4 is 23.6 Å². The summed E-state index contributed by atoms with van der Waals surface area (Å²) in [4.78, 5) is 42.9. The summed E-state index contributed by atoms with van der Waals surface area (Å²) in [6, 6.07) is 5.85. The predicted molar refractivity (Wildman–Crippen MR) is 160 cm³/mol. The van der Waals surface area contributed by atoms with Gasteiger partial charge in [-0.1, -0.05) is 6.92 Å². The molecule has 5 rings (SSSR count). The second-order valence-corrected chi connectivity index (χ2v) is 13.1. The van der Waals surface area contributed by atoms with Gasteiger partial charge in [-0.25, -0.2) is 15.2 Å². The normalized spacial score (nSPS) is 26.7. The number of benzene rings is 1. The zero-order valence-electron chi connectivity index (χ0n) is 25.8. The molecule has 4 heterocycles. The van der Waals surface area contributed by atoms with Crippen LogP contribution in [0.3, 0.4) is 0 Å². The summed E-state index contributed by atoms with van der Waals surface area (Å²) in [6.45, 7) is 14.2. The fourth-order valence-electron chi connectivity index (χ4n) is 6.90. The average molecular weight is 585 g/mol. The third-order valence-corrected chi connectivity index (χ3v) is 9.23. The van der Waals surface area contributed by atoms with E-state index in [0.29, 0.717) is 51.5 Å². The van der Waals surface area contributed by atoms with Gasteiger partial charge >= 0.3 is 6.09 Å². The topological polar surface area (TPSA) is 115 Å². The SMILES string of the molecule is CCC1(N2NC(Nc3ccc(C(=O)N4CCCOCC4)c(C)c3)C3C(=O)NCCC32)CCN(C(=O)OC(C)(C)C)CC1. The number of hydrazine groups is 1. The molecule has 4 fully saturated rings. The Labute approximate surface area is 249 Å². The third-order valence-electron chi connectivity index (χ3n) is 9.23. The van der Waals surface area contributed by atoms with Crippen LogP contribution in [0.25, 0.3) is 0 Å². The van der Waals surface area contributed by atoms with Crippen molar-refractivity contribution in [1.82, 2.24) is 25.6 Å². The number of hydrogen-bond donors (Lipinski definition) is 3. The van der Waals surface area contributed by atoms with Gasteiger partial charge in [0.2, 0.25) is 5.91 Å². The summed E-state index contributed by atoms with van der Waals surface area (Å²) in [5.74, 6) is -0.197. The van der Waals surface area contributed by atoms with Gasteiger partial charge in [0.1, 0.15) is 11.8 Å². The smallest absolute Gasteiger partial charge is 0.410 e. The molecule has 0 aromatic heterocycles. The molecule has 0 spiro atoms. The van der Waals surface area contributed by atoms with Gasteiger partial charge in [-0.05, 0) is 83.6 Å². The molecule has 0 aliphatic carbocycles. The van der Waals surface area contributed by atoms with E-state index in [1.165, 1.54) is 0 Å². The van der Waals surface area contributed by atoms with Crippen LogP contribution in [-0.4, -0.2) is 102 Å². The van der Waals surface area contributed by atoms with E-state index >= 15 is 0 Å². The minimum atomic E-state index is -0.528. The van der Waals surface area contributed by atoms with Crippen molar-refractivity contribution in [3.05, 3.63) is 29.3 Å². The first-order valence-corrected chi connectivity index (χ1v) is 15.6. The molecule has 42 heavy (non-hydrogen) atoms. The standard InChI is InChI=1S/C31H48N6O5/c1-6-31(11-15-36(16-12-31)29(40)42-30(3,4)5)37-24-10-13-32-27(38)25(24)26(34-37)33-22-8-9-23(21(2)20-22)28(39)35-14-7-18-41-19-17-35/h8-9,20,24-26,33-34H,6-7,10-19H2,1-5H3,(H,32,38). The lowest BCUT2D eigenvalue weighted by molar-refractivity contribution is -0.128. The molecule has 3 amide bonds. The summed E-state index contributed by atoms with van der Waals surface area (Å²) < 4.78 is 11.1. The van der Waals surface area contributed by atoms with Gasteiger partial charge in [-0.3, -0.25) is 9.59 Å². The number of fused-ring (bicyclic) bond motifs is 1. The van der Waals surface area contributed by atoms with Crippen LogP contribution in [0.15, 0.2) is 18.2 Å². The van der Waals surface area contributed by atoms with Crippen molar-refractivity contribution in [3.63, 3.8) is 0 Å². The van der Waals surface area contributed by atoms with Gasteiger partial charge in [0, 0.05) is 62.2 Å². The van der Waals surface area contributed by atoms with Gasteiger partial charge in [0.15, 0.2) is 0 Å².